The summed E-state index contributed by atoms with van der Waals surface area (Å²) < 4.78 is 0.390. The molecule has 0 radical (unpaired) electrons. The molecule has 1 amide bonds. The maximum absolute atomic E-state index is 11.3. The van der Waals surface area contributed by atoms with E-state index >= 15 is 0 Å². The molecule has 0 aliphatic heterocycles. The van der Waals surface area contributed by atoms with Crippen LogP contribution in [0.25, 0.3) is 0 Å². The number of nitrogens with zero attached hydrogens (tertiary/aromatic N) is 2. The molecule has 1 aliphatic rings. The highest BCUT2D eigenvalue weighted by Crippen LogP contribution is 2.46. The summed E-state index contributed by atoms with van der Waals surface area (Å²) in [5.74, 6) is 0.504. The minimum absolute atomic E-state index is 0.216. The molecular weight excluding hydrogens is 236 g/mol. The zero-order chi connectivity index (χ0) is 12.3. The second kappa shape index (κ2) is 4.91. The first-order valence-corrected chi connectivity index (χ1v) is 6.76. The van der Waals surface area contributed by atoms with Crippen molar-refractivity contribution in [3.05, 3.63) is 17.8 Å². The first-order valence-electron chi connectivity index (χ1n) is 5.54. The minimum Gasteiger partial charge on any atom is -0.367 e. The molecule has 0 unspecified atom stereocenters. The average Bonchev–Trinajstić information content (AvgIpc) is 3.17. The fourth-order valence-electron chi connectivity index (χ4n) is 1.52. The Hall–Kier alpha value is -1.30. The number of nitrogens with one attached hydrogen (secondary N) is 2. The Balaban J connectivity index is 1.92. The van der Waals surface area contributed by atoms with Crippen LogP contribution in [-0.2, 0) is 0 Å². The summed E-state index contributed by atoms with van der Waals surface area (Å²) in [4.78, 5) is 11.3. The van der Waals surface area contributed by atoms with Crippen molar-refractivity contribution in [1.29, 1.82) is 0 Å². The lowest BCUT2D eigenvalue weighted by molar-refractivity contribution is 0.0957. The lowest BCUT2D eigenvalue weighted by Gasteiger charge is -2.12. The van der Waals surface area contributed by atoms with E-state index < -0.39 is 0 Å². The van der Waals surface area contributed by atoms with Gasteiger partial charge in [0.1, 0.15) is 5.82 Å². The second-order valence-electron chi connectivity index (χ2n) is 4.12. The van der Waals surface area contributed by atoms with Gasteiger partial charge in [0.15, 0.2) is 5.69 Å². The Morgan fingerprint density at radius 2 is 2.24 bits per heavy atom. The average molecular weight is 252 g/mol. The van der Waals surface area contributed by atoms with Gasteiger partial charge < -0.3 is 10.6 Å². The van der Waals surface area contributed by atoms with Crippen molar-refractivity contribution in [3.63, 3.8) is 0 Å². The maximum atomic E-state index is 11.3. The molecule has 1 fully saturated rings. The lowest BCUT2D eigenvalue weighted by atomic mass is 10.3. The first kappa shape index (κ1) is 12.2. The number of hydrogen-bond acceptors (Lipinski definition) is 5. The number of hydrogen-bond donors (Lipinski definition) is 2. The van der Waals surface area contributed by atoms with E-state index in [1.807, 2.05) is 11.8 Å². The van der Waals surface area contributed by atoms with E-state index in [2.05, 4.69) is 27.1 Å². The van der Waals surface area contributed by atoms with Crippen molar-refractivity contribution >= 4 is 23.5 Å². The maximum Gasteiger partial charge on any atom is 0.271 e. The van der Waals surface area contributed by atoms with Crippen LogP contribution in [0.3, 0.4) is 0 Å². The monoisotopic (exact) mass is 252 g/mol. The van der Waals surface area contributed by atoms with Crippen LogP contribution in [0.2, 0.25) is 0 Å². The van der Waals surface area contributed by atoms with Crippen molar-refractivity contribution < 1.29 is 4.79 Å². The third kappa shape index (κ3) is 2.88. The van der Waals surface area contributed by atoms with E-state index in [1.54, 1.807) is 19.2 Å². The van der Waals surface area contributed by atoms with Gasteiger partial charge in [0.05, 0.1) is 0 Å². The molecule has 0 spiro atoms. The highest BCUT2D eigenvalue weighted by atomic mass is 32.2. The molecule has 1 aliphatic carbocycles. The molecule has 0 saturated heterocycles. The molecule has 2 rings (SSSR count). The van der Waals surface area contributed by atoms with Gasteiger partial charge in [0, 0.05) is 18.3 Å². The smallest absolute Gasteiger partial charge is 0.271 e. The molecule has 6 heteroatoms. The Labute approximate surface area is 105 Å². The van der Waals surface area contributed by atoms with Crippen LogP contribution < -0.4 is 10.6 Å². The second-order valence-corrected chi connectivity index (χ2v) is 5.40. The van der Waals surface area contributed by atoms with Crippen molar-refractivity contribution in [2.24, 2.45) is 0 Å². The van der Waals surface area contributed by atoms with Crippen molar-refractivity contribution in [3.8, 4) is 0 Å². The number of aromatic nitrogens is 2. The third-order valence-electron chi connectivity index (χ3n) is 2.96. The van der Waals surface area contributed by atoms with Gasteiger partial charge in [-0.2, -0.15) is 11.8 Å². The number of rotatable bonds is 5. The van der Waals surface area contributed by atoms with Crippen LogP contribution in [-0.4, -0.2) is 40.7 Å². The highest BCUT2D eigenvalue weighted by Gasteiger charge is 2.41. The number of thioether (sulfide) groups is 1. The zero-order valence-electron chi connectivity index (χ0n) is 9.99. The van der Waals surface area contributed by atoms with Crippen molar-refractivity contribution in [1.82, 2.24) is 15.5 Å². The molecule has 0 aromatic carbocycles. The topological polar surface area (TPSA) is 66.9 Å². The van der Waals surface area contributed by atoms with Crippen LogP contribution in [0, 0.1) is 0 Å². The van der Waals surface area contributed by atoms with Gasteiger partial charge in [0.2, 0.25) is 0 Å². The predicted octanol–water partition coefficient (Wildman–Crippen LogP) is 1.14. The van der Waals surface area contributed by atoms with Crippen LogP contribution >= 0.6 is 11.8 Å². The summed E-state index contributed by atoms with van der Waals surface area (Å²) in [5.41, 5.74) is 0.337. The Morgan fingerprint density at radius 1 is 1.47 bits per heavy atom. The number of anilines is 1. The molecule has 2 N–H and O–H groups in total. The summed E-state index contributed by atoms with van der Waals surface area (Å²) in [5, 5.41) is 13.6. The fraction of sp³-hybridized carbons (Fsp3) is 0.545. The highest BCUT2D eigenvalue weighted by molar-refractivity contribution is 8.00. The SMILES string of the molecule is CNC(=O)c1ccc(NCC2(SC)CC2)nn1. The van der Waals surface area contributed by atoms with Gasteiger partial charge >= 0.3 is 0 Å². The molecule has 1 heterocycles. The molecule has 17 heavy (non-hydrogen) atoms. The van der Waals surface area contributed by atoms with E-state index in [9.17, 15) is 4.79 Å². The van der Waals surface area contributed by atoms with E-state index in [0.29, 0.717) is 10.4 Å². The lowest BCUT2D eigenvalue weighted by Crippen LogP contribution is -2.21. The summed E-state index contributed by atoms with van der Waals surface area (Å²) >= 11 is 1.89. The normalized spacial score (nSPS) is 16.4. The predicted molar refractivity (Wildman–Crippen MR) is 69.4 cm³/mol. The van der Waals surface area contributed by atoms with Crippen LogP contribution in [0.4, 0.5) is 5.82 Å². The van der Waals surface area contributed by atoms with Gasteiger partial charge in [-0.25, -0.2) is 0 Å². The fourth-order valence-corrected chi connectivity index (χ4v) is 2.25. The van der Waals surface area contributed by atoms with Gasteiger partial charge in [-0.15, -0.1) is 10.2 Å². The molecule has 1 aromatic heterocycles. The molecule has 1 saturated carbocycles. The number of carbonyl (C=O) groups is 1. The van der Waals surface area contributed by atoms with Gasteiger partial charge in [0.25, 0.3) is 5.91 Å². The van der Waals surface area contributed by atoms with Crippen LogP contribution in [0.1, 0.15) is 23.3 Å². The largest absolute Gasteiger partial charge is 0.367 e. The zero-order valence-corrected chi connectivity index (χ0v) is 10.8. The van der Waals surface area contributed by atoms with Crippen LogP contribution in [0.15, 0.2) is 12.1 Å². The summed E-state index contributed by atoms with van der Waals surface area (Å²) in [7, 11) is 1.57. The van der Waals surface area contributed by atoms with Crippen molar-refractivity contribution in [2.45, 2.75) is 17.6 Å². The Morgan fingerprint density at radius 3 is 2.71 bits per heavy atom. The van der Waals surface area contributed by atoms with E-state index in [4.69, 9.17) is 0 Å². The van der Waals surface area contributed by atoms with Crippen LogP contribution in [0.5, 0.6) is 0 Å². The Bertz CT molecular complexity index is 402. The molecule has 0 atom stereocenters. The van der Waals surface area contributed by atoms with Crippen molar-refractivity contribution in [2.75, 3.05) is 25.2 Å². The van der Waals surface area contributed by atoms with E-state index in [-0.39, 0.29) is 5.91 Å². The van der Waals surface area contributed by atoms with E-state index in [0.717, 1.165) is 12.4 Å². The Kier molecular flexibility index (Phi) is 3.51. The number of carbonyl (C=O) groups excluding carboxylic acids is 1. The minimum atomic E-state index is -0.216. The summed E-state index contributed by atoms with van der Waals surface area (Å²) in [6, 6.07) is 3.46. The summed E-state index contributed by atoms with van der Waals surface area (Å²) in [6.07, 6.45) is 4.64. The van der Waals surface area contributed by atoms with Gasteiger partial charge in [-0.3, -0.25) is 4.79 Å². The standard InChI is InChI=1S/C11H16N4OS/c1-12-10(16)8-3-4-9(15-14-8)13-7-11(17-2)5-6-11/h3-4H,5-7H2,1-2H3,(H,12,16)(H,13,15). The molecule has 1 aromatic rings. The third-order valence-corrected chi connectivity index (χ3v) is 4.38. The molecular formula is C11H16N4OS. The molecule has 0 bridgehead atoms. The molecule has 5 nitrogen and oxygen atoms in total. The van der Waals surface area contributed by atoms with Gasteiger partial charge in [-0.1, -0.05) is 0 Å². The van der Waals surface area contributed by atoms with Gasteiger partial charge in [-0.05, 0) is 31.2 Å². The number of amides is 1. The van der Waals surface area contributed by atoms with E-state index in [1.165, 1.54) is 12.8 Å². The quantitative estimate of drug-likeness (QED) is 0.822. The summed E-state index contributed by atoms with van der Waals surface area (Å²) in [6.45, 7) is 0.905. The molecule has 92 valence electrons. The first-order chi connectivity index (χ1) is 8.19.